The Morgan fingerprint density at radius 2 is 1.88 bits per heavy atom. The van der Waals surface area contributed by atoms with Crippen LogP contribution in [0.4, 0.5) is 15.9 Å². The number of nitrogens with one attached hydrogen (secondary N) is 1. The Labute approximate surface area is 199 Å². The van der Waals surface area contributed by atoms with Gasteiger partial charge in [0.2, 0.25) is 0 Å². The molecule has 0 aliphatic rings. The molecule has 0 amide bonds. The normalized spacial score (nSPS) is 11.6. The van der Waals surface area contributed by atoms with E-state index in [0.717, 1.165) is 6.32 Å². The van der Waals surface area contributed by atoms with Crippen LogP contribution in [0.25, 0.3) is 11.0 Å². The van der Waals surface area contributed by atoms with Crippen molar-refractivity contribution in [2.24, 2.45) is 0 Å². The van der Waals surface area contributed by atoms with E-state index in [1.165, 1.54) is 17.7 Å². The minimum atomic E-state index is -0.538. The van der Waals surface area contributed by atoms with Gasteiger partial charge in [0.15, 0.2) is 23.0 Å². The summed E-state index contributed by atoms with van der Waals surface area (Å²) in [6, 6.07) is 16.3. The van der Waals surface area contributed by atoms with E-state index in [1.807, 2.05) is 36.6 Å². The van der Waals surface area contributed by atoms with Crippen molar-refractivity contribution in [3.05, 3.63) is 72.2 Å². The van der Waals surface area contributed by atoms with E-state index in [1.54, 1.807) is 25.4 Å². The summed E-state index contributed by atoms with van der Waals surface area (Å²) in [6.45, 7) is 6.61. The van der Waals surface area contributed by atoms with Crippen molar-refractivity contribution in [1.29, 1.82) is 0 Å². The van der Waals surface area contributed by atoms with Crippen molar-refractivity contribution in [2.45, 2.75) is 32.5 Å². The number of hydrogen-bond acceptors (Lipinski definition) is 6. The number of halogens is 1. The molecule has 0 saturated heterocycles. The average Bonchev–Trinajstić information content (AvgIpc) is 3.15. The zero-order valence-corrected chi connectivity index (χ0v) is 19.9. The number of benzene rings is 2. The molecule has 4 aromatic rings. The molecule has 0 atom stereocenters. The summed E-state index contributed by atoms with van der Waals surface area (Å²) in [6.07, 6.45) is 2.42. The Morgan fingerprint density at radius 3 is 2.59 bits per heavy atom. The Morgan fingerprint density at radius 1 is 1.12 bits per heavy atom. The van der Waals surface area contributed by atoms with Crippen LogP contribution in [-0.2, 0) is 11.1 Å². The maximum absolute atomic E-state index is 14.5. The third kappa shape index (κ3) is 5.15. The number of fused-ring (bicyclic) bond motifs is 1. The van der Waals surface area contributed by atoms with Crippen LogP contribution in [-0.4, -0.2) is 40.8 Å². The van der Waals surface area contributed by atoms with Crippen molar-refractivity contribution in [2.75, 3.05) is 24.8 Å². The van der Waals surface area contributed by atoms with Gasteiger partial charge >= 0.3 is 0 Å². The average molecular weight is 461 g/mol. The zero-order valence-electron chi connectivity index (χ0n) is 19.9. The highest BCUT2D eigenvalue weighted by Gasteiger charge is 2.26. The van der Waals surface area contributed by atoms with Gasteiger partial charge in [0.1, 0.15) is 11.1 Å². The molecule has 34 heavy (non-hydrogen) atoms. The quantitative estimate of drug-likeness (QED) is 0.269. The molecule has 4 rings (SSSR count). The summed E-state index contributed by atoms with van der Waals surface area (Å²) in [5.41, 5.74) is 7.45. The highest BCUT2D eigenvalue weighted by Crippen LogP contribution is 2.36. The van der Waals surface area contributed by atoms with Gasteiger partial charge in [-0.05, 0) is 32.3 Å². The smallest absolute Gasteiger partial charge is 0.287 e. The summed E-state index contributed by atoms with van der Waals surface area (Å²) in [5.74, 6) is 0.580. The van der Waals surface area contributed by atoms with Gasteiger partial charge in [-0.1, -0.05) is 42.7 Å². The summed E-state index contributed by atoms with van der Waals surface area (Å²) < 4.78 is 27.8. The topological polar surface area (TPSA) is 87.2 Å². The molecular weight excluding hydrogens is 432 g/mol. The lowest BCUT2D eigenvalue weighted by atomic mass is 9.60. The number of ether oxygens (including phenoxy) is 2. The molecule has 0 spiro atoms. The summed E-state index contributed by atoms with van der Waals surface area (Å²) >= 11 is 0. The van der Waals surface area contributed by atoms with Crippen LogP contribution in [0.5, 0.6) is 11.5 Å². The molecule has 2 aromatic carbocycles. The highest BCUT2D eigenvalue weighted by atomic mass is 19.1. The van der Waals surface area contributed by atoms with Gasteiger partial charge in [-0.2, -0.15) is 5.10 Å². The van der Waals surface area contributed by atoms with Crippen LogP contribution in [0.15, 0.2) is 60.8 Å². The number of nitrogens with two attached hydrogens (primary N) is 1. The monoisotopic (exact) mass is 461 g/mol. The Hall–Kier alpha value is -3.59. The fourth-order valence-electron chi connectivity index (χ4n) is 3.99. The second-order valence-corrected chi connectivity index (χ2v) is 9.07. The second-order valence-electron chi connectivity index (χ2n) is 9.07. The van der Waals surface area contributed by atoms with Gasteiger partial charge < -0.3 is 20.5 Å². The molecule has 176 valence electrons. The number of rotatable bonds is 9. The van der Waals surface area contributed by atoms with Gasteiger partial charge in [-0.3, -0.25) is 4.59 Å². The largest absolute Gasteiger partial charge is 0.453 e. The lowest BCUT2D eigenvalue weighted by molar-refractivity contribution is 0.158. The van der Waals surface area contributed by atoms with Gasteiger partial charge in [-0.25, -0.2) is 9.37 Å². The second kappa shape index (κ2) is 9.73. The molecule has 9 heteroatoms. The maximum atomic E-state index is 14.5. The Bertz CT molecular complexity index is 1280. The highest BCUT2D eigenvalue weighted by molar-refractivity contribution is 6.55. The van der Waals surface area contributed by atoms with Crippen LogP contribution in [0.1, 0.15) is 19.4 Å². The first-order chi connectivity index (χ1) is 16.3. The molecule has 3 N–H and O–H groups in total. The van der Waals surface area contributed by atoms with Crippen LogP contribution < -0.4 is 15.8 Å². The SMILES string of the molecule is COCC(C)(C)Nc1nn(B(C)Cc2ccccc2)c2nccc(Oc3ccc(N)cc3F)c12. The van der Waals surface area contributed by atoms with Crippen molar-refractivity contribution in [3.63, 3.8) is 0 Å². The minimum Gasteiger partial charge on any atom is -0.453 e. The Balaban J connectivity index is 1.79. The molecule has 0 unspecified atom stereocenters. The zero-order chi connectivity index (χ0) is 24.3. The first-order valence-electron chi connectivity index (χ1n) is 11.2. The van der Waals surface area contributed by atoms with Gasteiger partial charge in [0, 0.05) is 31.1 Å². The van der Waals surface area contributed by atoms with E-state index in [2.05, 4.69) is 29.3 Å². The molecule has 0 saturated carbocycles. The molecule has 0 radical (unpaired) electrons. The molecule has 2 heterocycles. The van der Waals surface area contributed by atoms with E-state index in [9.17, 15) is 4.39 Å². The minimum absolute atomic E-state index is 0.0157. The lowest BCUT2D eigenvalue weighted by Crippen LogP contribution is -2.36. The molecule has 0 aliphatic heterocycles. The standard InChI is InChI=1S/C25H29BFN5O2/c1-25(2,16-33-4)30-23-22-21(34-20-11-10-18(28)14-19(20)27)12-13-29-24(22)32(31-23)26(3)15-17-8-6-5-7-9-17/h5-14H,15-16,28H2,1-4H3,(H,30,31). The van der Waals surface area contributed by atoms with Crippen LogP contribution >= 0.6 is 0 Å². The van der Waals surface area contributed by atoms with Crippen LogP contribution in [0, 0.1) is 5.82 Å². The molecular formula is C25H29BFN5O2. The number of pyridine rings is 1. The maximum Gasteiger partial charge on any atom is 0.287 e. The number of hydrogen-bond donors (Lipinski definition) is 2. The lowest BCUT2D eigenvalue weighted by Gasteiger charge is -2.25. The fraction of sp³-hybridized carbons (Fsp3) is 0.280. The molecule has 0 fully saturated rings. The van der Waals surface area contributed by atoms with E-state index in [-0.39, 0.29) is 12.6 Å². The summed E-state index contributed by atoms with van der Waals surface area (Å²) in [5, 5.41) is 9.02. The van der Waals surface area contributed by atoms with E-state index < -0.39 is 11.4 Å². The fourth-order valence-corrected chi connectivity index (χ4v) is 3.99. The Kier molecular flexibility index (Phi) is 6.74. The van der Waals surface area contributed by atoms with E-state index in [0.29, 0.717) is 34.9 Å². The number of anilines is 2. The number of nitrogens with zero attached hydrogens (tertiary/aromatic N) is 3. The molecule has 0 aliphatic carbocycles. The predicted molar refractivity (Wildman–Crippen MR) is 135 cm³/mol. The number of methoxy groups -OCH3 is 1. The predicted octanol–water partition coefficient (Wildman–Crippen LogP) is 5.03. The molecule has 7 nitrogen and oxygen atoms in total. The van der Waals surface area contributed by atoms with E-state index >= 15 is 0 Å². The number of aromatic nitrogens is 3. The first kappa shape index (κ1) is 23.6. The van der Waals surface area contributed by atoms with E-state index in [4.69, 9.17) is 20.3 Å². The first-order valence-corrected chi connectivity index (χ1v) is 11.2. The van der Waals surface area contributed by atoms with Crippen LogP contribution in [0.3, 0.4) is 0 Å². The third-order valence-corrected chi connectivity index (χ3v) is 5.48. The van der Waals surface area contributed by atoms with Gasteiger partial charge in [0.05, 0.1) is 12.1 Å². The van der Waals surface area contributed by atoms with Crippen LogP contribution in [0.2, 0.25) is 6.82 Å². The van der Waals surface area contributed by atoms with Crippen molar-refractivity contribution in [1.82, 2.24) is 14.7 Å². The van der Waals surface area contributed by atoms with Crippen molar-refractivity contribution in [3.8, 4) is 11.5 Å². The molecule has 0 bridgehead atoms. The summed E-state index contributed by atoms with van der Waals surface area (Å²) in [4.78, 5) is 4.61. The van der Waals surface area contributed by atoms with Gasteiger partial charge in [-0.15, -0.1) is 0 Å². The van der Waals surface area contributed by atoms with Crippen molar-refractivity contribution >= 4 is 29.4 Å². The number of nitrogen functional groups attached to an aromatic ring is 1. The third-order valence-electron chi connectivity index (χ3n) is 5.48. The summed E-state index contributed by atoms with van der Waals surface area (Å²) in [7, 11) is 1.65. The van der Waals surface area contributed by atoms with Crippen molar-refractivity contribution < 1.29 is 13.9 Å². The van der Waals surface area contributed by atoms with Gasteiger partial charge in [0.25, 0.3) is 6.85 Å². The molecule has 2 aromatic heterocycles.